The van der Waals surface area contributed by atoms with Gasteiger partial charge in [0.1, 0.15) is 0 Å². The van der Waals surface area contributed by atoms with Crippen molar-refractivity contribution in [3.05, 3.63) is 35.4 Å². The molecule has 0 saturated heterocycles. The second-order valence-electron chi connectivity index (χ2n) is 3.54. The number of aliphatic hydroxyl groups excluding tert-OH is 1. The monoisotopic (exact) mass is 208 g/mol. The molecule has 0 saturated carbocycles. The highest BCUT2D eigenvalue weighted by Gasteiger charge is 1.99. The number of aliphatic carboxylic acids is 1. The van der Waals surface area contributed by atoms with Crippen LogP contribution in [0.3, 0.4) is 0 Å². The van der Waals surface area contributed by atoms with Crippen LogP contribution in [0, 0.1) is 0 Å². The fourth-order valence-corrected chi connectivity index (χ4v) is 1.51. The van der Waals surface area contributed by atoms with Gasteiger partial charge >= 0.3 is 5.97 Å². The van der Waals surface area contributed by atoms with E-state index >= 15 is 0 Å². The molecule has 82 valence electrons. The van der Waals surface area contributed by atoms with Crippen LogP contribution in [0.2, 0.25) is 0 Å². The zero-order chi connectivity index (χ0) is 11.1. The fourth-order valence-electron chi connectivity index (χ4n) is 1.51. The minimum absolute atomic E-state index is 0.151. The van der Waals surface area contributed by atoms with Gasteiger partial charge < -0.3 is 10.2 Å². The van der Waals surface area contributed by atoms with Gasteiger partial charge in [0, 0.05) is 13.0 Å². The Bertz CT molecular complexity index is 320. The van der Waals surface area contributed by atoms with Crippen LogP contribution in [0.1, 0.15) is 24.0 Å². The van der Waals surface area contributed by atoms with Crippen molar-refractivity contribution in [2.24, 2.45) is 0 Å². The third-order valence-corrected chi connectivity index (χ3v) is 2.25. The number of carboxylic acid groups (broad SMARTS) is 1. The summed E-state index contributed by atoms with van der Waals surface area (Å²) in [6, 6.07) is 7.93. The van der Waals surface area contributed by atoms with Crippen LogP contribution >= 0.6 is 0 Å². The lowest BCUT2D eigenvalue weighted by Gasteiger charge is -2.03. The van der Waals surface area contributed by atoms with Crippen LogP contribution in [0.15, 0.2) is 24.3 Å². The molecule has 0 aliphatic rings. The third-order valence-electron chi connectivity index (χ3n) is 2.25. The normalized spacial score (nSPS) is 10.2. The van der Waals surface area contributed by atoms with Gasteiger partial charge in [-0.05, 0) is 30.4 Å². The van der Waals surface area contributed by atoms with E-state index in [1.807, 2.05) is 24.3 Å². The number of hydrogen-bond donors (Lipinski definition) is 2. The average Bonchev–Trinajstić information content (AvgIpc) is 2.18. The van der Waals surface area contributed by atoms with Crippen LogP contribution in [0.25, 0.3) is 0 Å². The summed E-state index contributed by atoms with van der Waals surface area (Å²) in [5.41, 5.74) is 2.24. The quantitative estimate of drug-likeness (QED) is 0.747. The van der Waals surface area contributed by atoms with Gasteiger partial charge in [0.05, 0.1) is 0 Å². The number of carboxylic acids is 1. The van der Waals surface area contributed by atoms with Gasteiger partial charge in [-0.3, -0.25) is 4.79 Å². The first-order chi connectivity index (χ1) is 7.22. The Morgan fingerprint density at radius 1 is 1.20 bits per heavy atom. The predicted molar refractivity (Wildman–Crippen MR) is 57.8 cm³/mol. The summed E-state index contributed by atoms with van der Waals surface area (Å²) in [4.78, 5) is 10.3. The van der Waals surface area contributed by atoms with Crippen molar-refractivity contribution in [3.63, 3.8) is 0 Å². The molecule has 0 aromatic heterocycles. The average molecular weight is 208 g/mol. The number of hydrogen-bond acceptors (Lipinski definition) is 2. The molecular weight excluding hydrogens is 192 g/mol. The van der Waals surface area contributed by atoms with E-state index in [2.05, 4.69) is 0 Å². The molecule has 3 nitrogen and oxygen atoms in total. The Kier molecular flexibility index (Phi) is 4.84. The van der Waals surface area contributed by atoms with Gasteiger partial charge in [0.2, 0.25) is 0 Å². The second-order valence-corrected chi connectivity index (χ2v) is 3.54. The van der Waals surface area contributed by atoms with Crippen molar-refractivity contribution in [3.8, 4) is 0 Å². The van der Waals surface area contributed by atoms with E-state index in [0.717, 1.165) is 17.5 Å². The summed E-state index contributed by atoms with van der Waals surface area (Å²) in [7, 11) is 0. The lowest BCUT2D eigenvalue weighted by Crippen LogP contribution is -1.97. The highest BCUT2D eigenvalue weighted by atomic mass is 16.4. The predicted octanol–water partition coefficient (Wildman–Crippen LogP) is 1.63. The molecule has 0 spiro atoms. The van der Waals surface area contributed by atoms with E-state index in [4.69, 9.17) is 10.2 Å². The molecule has 3 heteroatoms. The first-order valence-corrected chi connectivity index (χ1v) is 5.13. The second kappa shape index (κ2) is 6.19. The minimum atomic E-state index is -0.749. The van der Waals surface area contributed by atoms with Crippen molar-refractivity contribution >= 4 is 5.97 Å². The first kappa shape index (κ1) is 11.7. The fraction of sp³-hybridized carbons (Fsp3) is 0.417. The molecule has 0 bridgehead atoms. The van der Waals surface area contributed by atoms with Gasteiger partial charge in [0.25, 0.3) is 0 Å². The molecule has 0 radical (unpaired) electrons. The maximum atomic E-state index is 10.3. The summed E-state index contributed by atoms with van der Waals surface area (Å²) in [6.07, 6.45) is 2.32. The van der Waals surface area contributed by atoms with Gasteiger partial charge in [-0.1, -0.05) is 24.3 Å². The number of rotatable bonds is 6. The Morgan fingerprint density at radius 3 is 2.47 bits per heavy atom. The summed E-state index contributed by atoms with van der Waals surface area (Å²) in [5.74, 6) is -0.749. The molecule has 15 heavy (non-hydrogen) atoms. The van der Waals surface area contributed by atoms with Crippen LogP contribution < -0.4 is 0 Å². The van der Waals surface area contributed by atoms with E-state index in [-0.39, 0.29) is 13.0 Å². The van der Waals surface area contributed by atoms with Gasteiger partial charge in [0.15, 0.2) is 0 Å². The lowest BCUT2D eigenvalue weighted by molar-refractivity contribution is -0.137. The Labute approximate surface area is 89.4 Å². The maximum absolute atomic E-state index is 10.3. The maximum Gasteiger partial charge on any atom is 0.303 e. The highest BCUT2D eigenvalue weighted by molar-refractivity contribution is 5.66. The minimum Gasteiger partial charge on any atom is -0.481 e. The van der Waals surface area contributed by atoms with Crippen LogP contribution in [-0.4, -0.2) is 22.8 Å². The molecule has 0 atom stereocenters. The van der Waals surface area contributed by atoms with Crippen molar-refractivity contribution in [2.75, 3.05) is 6.61 Å². The summed E-state index contributed by atoms with van der Waals surface area (Å²) in [6.45, 7) is 0.151. The van der Waals surface area contributed by atoms with E-state index in [1.165, 1.54) is 0 Å². The van der Waals surface area contributed by atoms with E-state index in [1.54, 1.807) is 0 Å². The Hall–Kier alpha value is -1.35. The first-order valence-electron chi connectivity index (χ1n) is 5.13. The van der Waals surface area contributed by atoms with Crippen molar-refractivity contribution < 1.29 is 15.0 Å². The Morgan fingerprint density at radius 2 is 1.87 bits per heavy atom. The lowest BCUT2D eigenvalue weighted by atomic mass is 10.0. The van der Waals surface area contributed by atoms with E-state index < -0.39 is 5.97 Å². The van der Waals surface area contributed by atoms with E-state index in [0.29, 0.717) is 12.8 Å². The van der Waals surface area contributed by atoms with Crippen LogP contribution in [0.4, 0.5) is 0 Å². The van der Waals surface area contributed by atoms with Gasteiger partial charge in [-0.25, -0.2) is 0 Å². The number of aryl methyl sites for hydroxylation is 1. The summed E-state index contributed by atoms with van der Waals surface area (Å²) < 4.78 is 0. The van der Waals surface area contributed by atoms with Crippen LogP contribution in [-0.2, 0) is 17.6 Å². The van der Waals surface area contributed by atoms with Crippen molar-refractivity contribution in [1.82, 2.24) is 0 Å². The molecule has 0 heterocycles. The summed E-state index contributed by atoms with van der Waals surface area (Å²) in [5, 5.41) is 17.3. The van der Waals surface area contributed by atoms with Gasteiger partial charge in [-0.2, -0.15) is 0 Å². The van der Waals surface area contributed by atoms with Gasteiger partial charge in [-0.15, -0.1) is 0 Å². The largest absolute Gasteiger partial charge is 0.481 e. The highest BCUT2D eigenvalue weighted by Crippen LogP contribution is 2.09. The molecule has 0 unspecified atom stereocenters. The SMILES string of the molecule is O=C(O)CCCc1cccc(CCO)c1. The molecule has 2 N–H and O–H groups in total. The number of aliphatic hydroxyl groups is 1. The third kappa shape index (κ3) is 4.61. The van der Waals surface area contributed by atoms with Crippen LogP contribution in [0.5, 0.6) is 0 Å². The zero-order valence-electron chi connectivity index (χ0n) is 8.65. The smallest absolute Gasteiger partial charge is 0.303 e. The number of benzene rings is 1. The Balaban J connectivity index is 2.46. The topological polar surface area (TPSA) is 57.5 Å². The summed E-state index contributed by atoms with van der Waals surface area (Å²) >= 11 is 0. The molecule has 1 aromatic rings. The molecule has 1 aromatic carbocycles. The molecule has 0 aliphatic heterocycles. The van der Waals surface area contributed by atoms with E-state index in [9.17, 15) is 4.79 Å². The molecule has 0 aliphatic carbocycles. The van der Waals surface area contributed by atoms with Crippen molar-refractivity contribution in [1.29, 1.82) is 0 Å². The zero-order valence-corrected chi connectivity index (χ0v) is 8.65. The molecule has 0 fully saturated rings. The molecule has 1 rings (SSSR count). The standard InChI is InChI=1S/C12H16O3/c13-8-7-11-4-1-3-10(9-11)5-2-6-12(14)15/h1,3-4,9,13H,2,5-8H2,(H,14,15). The molecule has 0 amide bonds. The number of carbonyl (C=O) groups is 1. The molecular formula is C12H16O3. The van der Waals surface area contributed by atoms with Crippen molar-refractivity contribution in [2.45, 2.75) is 25.7 Å².